The second-order valence-corrected chi connectivity index (χ2v) is 5.45. The lowest BCUT2D eigenvalue weighted by Gasteiger charge is -2.07. The van der Waals surface area contributed by atoms with E-state index in [1.165, 1.54) is 0 Å². The van der Waals surface area contributed by atoms with Crippen LogP contribution in [0.4, 0.5) is 0 Å². The van der Waals surface area contributed by atoms with Crippen molar-refractivity contribution in [1.29, 1.82) is 0 Å². The maximum atomic E-state index is 11.9. The van der Waals surface area contributed by atoms with E-state index in [1.807, 2.05) is 17.5 Å². The summed E-state index contributed by atoms with van der Waals surface area (Å²) in [5.74, 6) is 0.605. The molecule has 0 aliphatic heterocycles. The van der Waals surface area contributed by atoms with Gasteiger partial charge >= 0.3 is 0 Å². The molecule has 0 fully saturated rings. The third-order valence-corrected chi connectivity index (χ3v) is 3.83. The van der Waals surface area contributed by atoms with E-state index >= 15 is 0 Å². The molecule has 0 atom stereocenters. The molecule has 0 unspecified atom stereocenters. The summed E-state index contributed by atoms with van der Waals surface area (Å²) >= 11 is 6.73. The molecule has 0 spiro atoms. The third-order valence-electron chi connectivity index (χ3n) is 2.65. The van der Waals surface area contributed by atoms with Gasteiger partial charge in [0, 0.05) is 20.3 Å². The van der Waals surface area contributed by atoms with E-state index in [1.54, 1.807) is 23.0 Å². The van der Waals surface area contributed by atoms with E-state index in [9.17, 15) is 4.79 Å². The molecule has 108 valence electrons. The van der Waals surface area contributed by atoms with Crippen molar-refractivity contribution < 1.29 is 9.53 Å². The van der Waals surface area contributed by atoms with Gasteiger partial charge in [-0.25, -0.2) is 0 Å². The average Bonchev–Trinajstić information content (AvgIpc) is 3.06. The number of rotatable bonds is 7. The maximum Gasteiger partial charge on any atom is 0.240 e. The molecule has 2 heterocycles. The van der Waals surface area contributed by atoms with Gasteiger partial charge in [0.05, 0.1) is 4.88 Å². The van der Waals surface area contributed by atoms with E-state index in [0.29, 0.717) is 23.7 Å². The Morgan fingerprint density at radius 2 is 2.50 bits per heavy atom. The molecular weight excluding hydrogens is 296 g/mol. The molecule has 2 aromatic heterocycles. The molecule has 2 N–H and O–H groups in total. The standard InChI is InChI=1S/C12H16N4O2S2/c1-18-6-3-5-13-10(17)8-16-11(14-15-12(16)19)9-4-2-7-20-9/h2,4,7H,3,5-6,8H2,1H3,(H,13,17)(H,15,19). The van der Waals surface area contributed by atoms with Crippen LogP contribution in [-0.2, 0) is 16.1 Å². The molecule has 0 aromatic carbocycles. The van der Waals surface area contributed by atoms with Gasteiger partial charge < -0.3 is 10.1 Å². The average molecular weight is 312 g/mol. The smallest absolute Gasteiger partial charge is 0.240 e. The van der Waals surface area contributed by atoms with Gasteiger partial charge in [-0.1, -0.05) is 6.07 Å². The van der Waals surface area contributed by atoms with Crippen molar-refractivity contribution in [3.63, 3.8) is 0 Å². The SMILES string of the molecule is COCCCNC(=O)Cn1c(-c2cccs2)n[nH]c1=S. The number of ether oxygens (including phenoxy) is 1. The van der Waals surface area contributed by atoms with Crippen molar-refractivity contribution in [3.8, 4) is 10.7 Å². The van der Waals surface area contributed by atoms with Crippen LogP contribution in [0.3, 0.4) is 0 Å². The number of nitrogens with one attached hydrogen (secondary N) is 2. The van der Waals surface area contributed by atoms with Crippen LogP contribution < -0.4 is 5.32 Å². The summed E-state index contributed by atoms with van der Waals surface area (Å²) in [7, 11) is 1.64. The van der Waals surface area contributed by atoms with Crippen molar-refractivity contribution in [2.24, 2.45) is 0 Å². The van der Waals surface area contributed by atoms with Crippen LogP contribution in [0.1, 0.15) is 6.42 Å². The fourth-order valence-corrected chi connectivity index (χ4v) is 2.62. The largest absolute Gasteiger partial charge is 0.385 e. The van der Waals surface area contributed by atoms with Crippen molar-refractivity contribution in [2.75, 3.05) is 20.3 Å². The molecule has 0 aliphatic rings. The van der Waals surface area contributed by atoms with Gasteiger partial charge in [0.2, 0.25) is 5.91 Å². The first kappa shape index (κ1) is 14.9. The number of hydrogen-bond donors (Lipinski definition) is 2. The number of methoxy groups -OCH3 is 1. The van der Waals surface area contributed by atoms with E-state index in [-0.39, 0.29) is 12.5 Å². The van der Waals surface area contributed by atoms with E-state index in [2.05, 4.69) is 15.5 Å². The van der Waals surface area contributed by atoms with Crippen molar-refractivity contribution >= 4 is 29.5 Å². The van der Waals surface area contributed by atoms with Gasteiger partial charge in [-0.05, 0) is 30.1 Å². The van der Waals surface area contributed by atoms with E-state index in [0.717, 1.165) is 11.3 Å². The Morgan fingerprint density at radius 3 is 3.20 bits per heavy atom. The summed E-state index contributed by atoms with van der Waals surface area (Å²) in [5, 5.41) is 11.7. The predicted octanol–water partition coefficient (Wildman–Crippen LogP) is 1.82. The van der Waals surface area contributed by atoms with Crippen LogP contribution in [0.15, 0.2) is 17.5 Å². The first-order valence-electron chi connectivity index (χ1n) is 6.17. The fourth-order valence-electron chi connectivity index (χ4n) is 1.70. The lowest BCUT2D eigenvalue weighted by molar-refractivity contribution is -0.121. The zero-order valence-corrected chi connectivity index (χ0v) is 12.7. The second kappa shape index (κ2) is 7.32. The highest BCUT2D eigenvalue weighted by atomic mass is 32.1. The fraction of sp³-hybridized carbons (Fsp3) is 0.417. The molecule has 8 heteroatoms. The lowest BCUT2D eigenvalue weighted by atomic mass is 10.4. The molecule has 0 aliphatic carbocycles. The number of thiophene rings is 1. The molecule has 0 radical (unpaired) electrons. The number of H-pyrrole nitrogens is 1. The summed E-state index contributed by atoms with van der Waals surface area (Å²) in [6.45, 7) is 1.38. The van der Waals surface area contributed by atoms with Crippen LogP contribution in [0.25, 0.3) is 10.7 Å². The minimum absolute atomic E-state index is 0.0867. The molecule has 6 nitrogen and oxygen atoms in total. The molecule has 2 aromatic rings. The minimum Gasteiger partial charge on any atom is -0.385 e. The highest BCUT2D eigenvalue weighted by Crippen LogP contribution is 2.22. The van der Waals surface area contributed by atoms with E-state index < -0.39 is 0 Å². The molecule has 0 bridgehead atoms. The highest BCUT2D eigenvalue weighted by molar-refractivity contribution is 7.71. The Balaban J connectivity index is 2.01. The summed E-state index contributed by atoms with van der Waals surface area (Å²) in [6, 6.07) is 3.88. The first-order chi connectivity index (χ1) is 9.72. The summed E-state index contributed by atoms with van der Waals surface area (Å²) in [4.78, 5) is 12.9. The second-order valence-electron chi connectivity index (χ2n) is 4.11. The number of aromatic amines is 1. The summed E-state index contributed by atoms with van der Waals surface area (Å²) in [5.41, 5.74) is 0. The number of carbonyl (C=O) groups excluding carboxylic acids is 1. The minimum atomic E-state index is -0.0867. The molecule has 20 heavy (non-hydrogen) atoms. The molecular formula is C12H16N4O2S2. The third kappa shape index (κ3) is 3.75. The number of nitrogens with zero attached hydrogens (tertiary/aromatic N) is 2. The van der Waals surface area contributed by atoms with Crippen molar-refractivity contribution in [2.45, 2.75) is 13.0 Å². The Hall–Kier alpha value is -1.51. The van der Waals surface area contributed by atoms with Crippen LogP contribution in [0, 0.1) is 4.77 Å². The molecule has 1 amide bonds. The number of amides is 1. The summed E-state index contributed by atoms with van der Waals surface area (Å²) in [6.07, 6.45) is 0.788. The van der Waals surface area contributed by atoms with Crippen LogP contribution >= 0.6 is 23.6 Å². The van der Waals surface area contributed by atoms with Crippen LogP contribution in [0.2, 0.25) is 0 Å². The quantitative estimate of drug-likeness (QED) is 0.604. The van der Waals surface area contributed by atoms with Gasteiger partial charge in [0.1, 0.15) is 6.54 Å². The first-order valence-corrected chi connectivity index (χ1v) is 7.46. The molecule has 0 saturated carbocycles. The van der Waals surface area contributed by atoms with Crippen LogP contribution in [-0.4, -0.2) is 40.9 Å². The highest BCUT2D eigenvalue weighted by Gasteiger charge is 2.12. The lowest BCUT2D eigenvalue weighted by Crippen LogP contribution is -2.29. The normalized spacial score (nSPS) is 10.7. The zero-order valence-electron chi connectivity index (χ0n) is 11.1. The number of carbonyl (C=O) groups is 1. The predicted molar refractivity (Wildman–Crippen MR) is 80.2 cm³/mol. The van der Waals surface area contributed by atoms with Crippen LogP contribution in [0.5, 0.6) is 0 Å². The van der Waals surface area contributed by atoms with Crippen molar-refractivity contribution in [1.82, 2.24) is 20.1 Å². The van der Waals surface area contributed by atoms with Crippen molar-refractivity contribution in [3.05, 3.63) is 22.3 Å². The maximum absolute atomic E-state index is 11.9. The Morgan fingerprint density at radius 1 is 1.65 bits per heavy atom. The van der Waals surface area contributed by atoms with E-state index in [4.69, 9.17) is 17.0 Å². The Labute approximate surface area is 125 Å². The van der Waals surface area contributed by atoms with Gasteiger partial charge in [0.25, 0.3) is 0 Å². The Kier molecular flexibility index (Phi) is 5.45. The van der Waals surface area contributed by atoms with Gasteiger partial charge in [0.15, 0.2) is 10.6 Å². The molecule has 0 saturated heterocycles. The Bertz CT molecular complexity index is 603. The summed E-state index contributed by atoms with van der Waals surface area (Å²) < 4.78 is 7.08. The van der Waals surface area contributed by atoms with Gasteiger partial charge in [-0.3, -0.25) is 14.5 Å². The zero-order chi connectivity index (χ0) is 14.4. The van der Waals surface area contributed by atoms with Gasteiger partial charge in [-0.2, -0.15) is 5.10 Å². The van der Waals surface area contributed by atoms with Gasteiger partial charge in [-0.15, -0.1) is 11.3 Å². The topological polar surface area (TPSA) is 71.9 Å². The monoisotopic (exact) mass is 312 g/mol. The molecule has 2 rings (SSSR count). The number of aromatic nitrogens is 3. The number of hydrogen-bond acceptors (Lipinski definition) is 5.